The van der Waals surface area contributed by atoms with Crippen LogP contribution in [-0.2, 0) is 6.18 Å². The van der Waals surface area contributed by atoms with Crippen LogP contribution in [0.3, 0.4) is 0 Å². The molecule has 1 heterocycles. The van der Waals surface area contributed by atoms with Gasteiger partial charge >= 0.3 is 6.18 Å². The molecule has 0 aliphatic rings. The van der Waals surface area contributed by atoms with Gasteiger partial charge in [-0.25, -0.2) is 4.98 Å². The van der Waals surface area contributed by atoms with Crippen LogP contribution in [0.15, 0.2) is 30.5 Å². The normalized spacial score (nSPS) is 11.6. The Hall–Kier alpha value is -1.95. The Kier molecular flexibility index (Phi) is 3.28. The number of hydrogen-bond donors (Lipinski definition) is 2. The third-order valence-electron chi connectivity index (χ3n) is 2.57. The van der Waals surface area contributed by atoms with Crippen molar-refractivity contribution >= 4 is 23.0 Å². The minimum atomic E-state index is -4.57. The average Bonchev–Trinajstić information content (AvgIpc) is 2.27. The lowest BCUT2D eigenvalue weighted by Crippen LogP contribution is -2.09. The van der Waals surface area contributed by atoms with Gasteiger partial charge in [0, 0.05) is 28.7 Å². The van der Waals surface area contributed by atoms with Crippen molar-refractivity contribution in [1.82, 2.24) is 4.98 Å². The van der Waals surface area contributed by atoms with Crippen LogP contribution in [0.25, 0.3) is 11.1 Å². The number of aromatic nitrogens is 1. The van der Waals surface area contributed by atoms with E-state index in [0.717, 1.165) is 6.07 Å². The first-order valence-corrected chi connectivity index (χ1v) is 5.55. The van der Waals surface area contributed by atoms with E-state index in [-0.39, 0.29) is 27.7 Å². The number of nitrogens with two attached hydrogens (primary N) is 2. The maximum absolute atomic E-state index is 13.0. The lowest BCUT2D eigenvalue weighted by atomic mass is 9.98. The fraction of sp³-hybridized carbons (Fsp3) is 0.0833. The highest BCUT2D eigenvalue weighted by Gasteiger charge is 2.35. The number of rotatable bonds is 1. The van der Waals surface area contributed by atoms with Gasteiger partial charge in [-0.3, -0.25) is 0 Å². The quantitative estimate of drug-likeness (QED) is 0.622. The summed E-state index contributed by atoms with van der Waals surface area (Å²) in [5.74, 6) is 0. The smallest absolute Gasteiger partial charge is 0.398 e. The van der Waals surface area contributed by atoms with Crippen LogP contribution in [0.5, 0.6) is 0 Å². The van der Waals surface area contributed by atoms with E-state index in [0.29, 0.717) is 6.20 Å². The van der Waals surface area contributed by atoms with Gasteiger partial charge in [0.05, 0.1) is 5.56 Å². The molecule has 1 aromatic heterocycles. The number of pyridine rings is 1. The summed E-state index contributed by atoms with van der Waals surface area (Å²) < 4.78 is 38.9. The first kappa shape index (κ1) is 13.5. The SMILES string of the molecule is Nc1cccc(N)c1-c1cc(Cl)ncc1C(F)(F)F. The van der Waals surface area contributed by atoms with Gasteiger partial charge in [-0.1, -0.05) is 17.7 Å². The zero-order chi connectivity index (χ0) is 14.2. The maximum Gasteiger partial charge on any atom is 0.418 e. The van der Waals surface area contributed by atoms with Crippen molar-refractivity contribution in [2.45, 2.75) is 6.18 Å². The predicted molar refractivity (Wildman–Crippen MR) is 68.5 cm³/mol. The first-order chi connectivity index (χ1) is 8.80. The van der Waals surface area contributed by atoms with Crippen molar-refractivity contribution in [3.63, 3.8) is 0 Å². The third-order valence-corrected chi connectivity index (χ3v) is 2.78. The van der Waals surface area contributed by atoms with E-state index >= 15 is 0 Å². The molecule has 0 amide bonds. The van der Waals surface area contributed by atoms with Crippen LogP contribution in [0.4, 0.5) is 24.5 Å². The standard InChI is InChI=1S/C12H9ClF3N3/c13-10-4-6(7(5-19-10)12(14,15)16)11-8(17)2-1-3-9(11)18/h1-5H,17-18H2. The summed E-state index contributed by atoms with van der Waals surface area (Å²) in [7, 11) is 0. The number of hydrogen-bond acceptors (Lipinski definition) is 3. The lowest BCUT2D eigenvalue weighted by molar-refractivity contribution is -0.137. The molecule has 3 nitrogen and oxygen atoms in total. The highest BCUT2D eigenvalue weighted by atomic mass is 35.5. The van der Waals surface area contributed by atoms with Gasteiger partial charge < -0.3 is 11.5 Å². The molecule has 7 heteroatoms. The van der Waals surface area contributed by atoms with Crippen LogP contribution in [0.2, 0.25) is 5.15 Å². The Labute approximate surface area is 112 Å². The van der Waals surface area contributed by atoms with Crippen molar-refractivity contribution in [3.8, 4) is 11.1 Å². The Morgan fingerprint density at radius 2 is 1.68 bits per heavy atom. The van der Waals surface area contributed by atoms with Gasteiger partial charge in [-0.15, -0.1) is 0 Å². The van der Waals surface area contributed by atoms with Gasteiger partial charge in [-0.2, -0.15) is 13.2 Å². The van der Waals surface area contributed by atoms with E-state index in [2.05, 4.69) is 4.98 Å². The van der Waals surface area contributed by atoms with E-state index in [9.17, 15) is 13.2 Å². The average molecular weight is 288 g/mol. The number of alkyl halides is 3. The van der Waals surface area contributed by atoms with Crippen LogP contribution in [-0.4, -0.2) is 4.98 Å². The molecule has 0 unspecified atom stereocenters. The molecule has 0 radical (unpaired) electrons. The molecule has 19 heavy (non-hydrogen) atoms. The highest BCUT2D eigenvalue weighted by Crippen LogP contribution is 2.41. The second-order valence-corrected chi connectivity index (χ2v) is 4.25. The lowest BCUT2D eigenvalue weighted by Gasteiger charge is -2.15. The summed E-state index contributed by atoms with van der Waals surface area (Å²) in [5, 5.41) is -0.0642. The van der Waals surface area contributed by atoms with Gasteiger partial charge in [0.25, 0.3) is 0 Å². The predicted octanol–water partition coefficient (Wildman–Crippen LogP) is 3.59. The third kappa shape index (κ3) is 2.58. The van der Waals surface area contributed by atoms with Crippen LogP contribution in [0, 0.1) is 0 Å². The molecule has 2 aromatic rings. The maximum atomic E-state index is 13.0. The molecule has 0 atom stereocenters. The molecule has 0 bridgehead atoms. The van der Waals surface area contributed by atoms with Crippen molar-refractivity contribution in [3.05, 3.63) is 41.2 Å². The molecule has 0 spiro atoms. The minimum absolute atomic E-state index is 0.0642. The molecule has 0 aliphatic heterocycles. The summed E-state index contributed by atoms with van der Waals surface area (Å²) in [6.07, 6.45) is -3.90. The number of halogens is 4. The van der Waals surface area contributed by atoms with Crippen LogP contribution >= 0.6 is 11.6 Å². The Bertz CT molecular complexity index is 606. The molecule has 2 rings (SSSR count). The van der Waals surface area contributed by atoms with Crippen LogP contribution < -0.4 is 11.5 Å². The fourth-order valence-electron chi connectivity index (χ4n) is 1.76. The Morgan fingerprint density at radius 3 is 2.21 bits per heavy atom. The highest BCUT2D eigenvalue weighted by molar-refractivity contribution is 6.29. The zero-order valence-electron chi connectivity index (χ0n) is 9.50. The molecule has 0 saturated heterocycles. The number of benzene rings is 1. The molecule has 0 saturated carbocycles. The molecule has 0 aliphatic carbocycles. The summed E-state index contributed by atoms with van der Waals surface area (Å²) in [5.41, 5.74) is 10.7. The monoisotopic (exact) mass is 287 g/mol. The van der Waals surface area contributed by atoms with Crippen molar-refractivity contribution in [2.24, 2.45) is 0 Å². The van der Waals surface area contributed by atoms with Crippen LogP contribution in [0.1, 0.15) is 5.56 Å². The summed E-state index contributed by atoms with van der Waals surface area (Å²) >= 11 is 5.66. The molecule has 0 fully saturated rings. The number of anilines is 2. The second kappa shape index (κ2) is 4.62. The van der Waals surface area contributed by atoms with E-state index < -0.39 is 11.7 Å². The molecular weight excluding hydrogens is 279 g/mol. The van der Waals surface area contributed by atoms with E-state index in [1.165, 1.54) is 12.1 Å². The van der Waals surface area contributed by atoms with Gasteiger partial charge in [-0.05, 0) is 18.2 Å². The van der Waals surface area contributed by atoms with Gasteiger partial charge in [0.15, 0.2) is 0 Å². The fourth-order valence-corrected chi connectivity index (χ4v) is 1.92. The molecule has 1 aromatic carbocycles. The zero-order valence-corrected chi connectivity index (χ0v) is 10.3. The van der Waals surface area contributed by atoms with E-state index in [1.807, 2.05) is 0 Å². The number of nitrogen functional groups attached to an aromatic ring is 2. The Balaban J connectivity index is 2.78. The summed E-state index contributed by atoms with van der Waals surface area (Å²) in [4.78, 5) is 3.45. The second-order valence-electron chi connectivity index (χ2n) is 3.86. The van der Waals surface area contributed by atoms with Crippen molar-refractivity contribution in [1.29, 1.82) is 0 Å². The molecule has 4 N–H and O–H groups in total. The van der Waals surface area contributed by atoms with E-state index in [4.69, 9.17) is 23.1 Å². The molecular formula is C12H9ClF3N3. The molecule has 100 valence electrons. The minimum Gasteiger partial charge on any atom is -0.398 e. The van der Waals surface area contributed by atoms with Crippen molar-refractivity contribution < 1.29 is 13.2 Å². The van der Waals surface area contributed by atoms with Crippen molar-refractivity contribution in [2.75, 3.05) is 11.5 Å². The topological polar surface area (TPSA) is 64.9 Å². The summed E-state index contributed by atoms with van der Waals surface area (Å²) in [6.45, 7) is 0. The largest absolute Gasteiger partial charge is 0.418 e. The summed E-state index contributed by atoms with van der Waals surface area (Å²) in [6, 6.07) is 5.61. The van der Waals surface area contributed by atoms with E-state index in [1.54, 1.807) is 6.07 Å². The first-order valence-electron chi connectivity index (χ1n) is 5.18. The van der Waals surface area contributed by atoms with Gasteiger partial charge in [0.1, 0.15) is 5.15 Å². The number of nitrogens with zero attached hydrogens (tertiary/aromatic N) is 1. The Morgan fingerprint density at radius 1 is 1.11 bits per heavy atom. The van der Waals surface area contributed by atoms with Gasteiger partial charge in [0.2, 0.25) is 0 Å².